The molecule has 4 heteroatoms. The van der Waals surface area contributed by atoms with E-state index in [-0.39, 0.29) is 0 Å². The van der Waals surface area contributed by atoms with Crippen LogP contribution in [0.4, 0.5) is 5.69 Å². The van der Waals surface area contributed by atoms with Crippen molar-refractivity contribution in [2.75, 3.05) is 11.9 Å². The van der Waals surface area contributed by atoms with Gasteiger partial charge in [-0.3, -0.25) is 9.38 Å². The molecule has 0 fully saturated rings. The summed E-state index contributed by atoms with van der Waals surface area (Å²) in [5, 5.41) is 2.23. The summed E-state index contributed by atoms with van der Waals surface area (Å²) in [6.45, 7) is 11.1. The molecule has 3 aromatic rings. The molecule has 1 aliphatic heterocycles. The first-order chi connectivity index (χ1) is 12.4. The zero-order valence-corrected chi connectivity index (χ0v) is 16.6. The highest BCUT2D eigenvalue weighted by Gasteiger charge is 2.40. The predicted octanol–water partition coefficient (Wildman–Crippen LogP) is 5.34. The van der Waals surface area contributed by atoms with E-state index in [2.05, 4.69) is 83.2 Å². The Bertz CT molecular complexity index is 1020. The van der Waals surface area contributed by atoms with Gasteiger partial charge in [-0.05, 0) is 44.9 Å². The first-order valence-electron chi connectivity index (χ1n) is 9.51. The van der Waals surface area contributed by atoms with Crippen molar-refractivity contribution >= 4 is 27.8 Å². The molecule has 0 bridgehead atoms. The Kier molecular flexibility index (Phi) is 3.85. The molecule has 4 nitrogen and oxygen atoms in total. The first kappa shape index (κ1) is 17.1. The number of nitrogens with zero attached hydrogens (tertiary/aromatic N) is 3. The second-order valence-corrected chi connectivity index (χ2v) is 7.87. The molecule has 0 spiro atoms. The largest absolute Gasteiger partial charge is 0.435 e. The quantitative estimate of drug-likeness (QED) is 0.597. The Hall–Kier alpha value is -2.33. The number of quaternary nitrogens is 1. The number of pyridine rings is 1. The van der Waals surface area contributed by atoms with Gasteiger partial charge in [0.1, 0.15) is 6.20 Å². The monoisotopic (exact) mass is 350 g/mol. The summed E-state index contributed by atoms with van der Waals surface area (Å²) >= 11 is 0. The van der Waals surface area contributed by atoms with E-state index in [9.17, 15) is 0 Å². The zero-order chi connectivity index (χ0) is 18.6. The predicted molar refractivity (Wildman–Crippen MR) is 108 cm³/mol. The zero-order valence-electron chi connectivity index (χ0n) is 16.6. The Morgan fingerprint density at radius 2 is 1.92 bits per heavy atom. The number of aryl methyl sites for hydroxylation is 2. The molecule has 0 saturated carbocycles. The number of rotatable bonds is 3. The molecular formula is C22H28N3O+. The van der Waals surface area contributed by atoms with Crippen molar-refractivity contribution in [3.8, 4) is 0 Å². The Morgan fingerprint density at radius 3 is 2.58 bits per heavy atom. The van der Waals surface area contributed by atoms with Gasteiger partial charge in [-0.25, -0.2) is 4.98 Å². The normalized spacial score (nSPS) is 23.0. The smallest absolute Gasteiger partial charge is 0.227 e. The molecule has 0 amide bonds. The van der Waals surface area contributed by atoms with Crippen LogP contribution in [0, 0.1) is 6.92 Å². The number of hydrogen-bond donors (Lipinski definition) is 0. The highest BCUT2D eigenvalue weighted by Crippen LogP contribution is 2.41. The summed E-state index contributed by atoms with van der Waals surface area (Å²) in [5.41, 5.74) is 5.12. The molecule has 3 heterocycles. The maximum atomic E-state index is 6.30. The Morgan fingerprint density at radius 1 is 1.19 bits per heavy atom. The van der Waals surface area contributed by atoms with E-state index in [1.54, 1.807) is 0 Å². The number of anilines is 1. The van der Waals surface area contributed by atoms with Gasteiger partial charge in [0.05, 0.1) is 25.0 Å². The molecule has 0 N–H and O–H groups in total. The van der Waals surface area contributed by atoms with Crippen molar-refractivity contribution in [3.05, 3.63) is 47.9 Å². The lowest BCUT2D eigenvalue weighted by atomic mass is 10.1. The SMILES string of the molecule is CCc1ccc2c(n1)oc1c(N3C=C[N+](C)(C(C)C)[C@@H]3C)c(C)ccc12. The number of furan rings is 1. The number of fused-ring (bicyclic) bond motifs is 3. The van der Waals surface area contributed by atoms with Crippen LogP contribution in [0.15, 0.2) is 41.1 Å². The fraction of sp³-hybridized carbons (Fsp3) is 0.409. The second-order valence-electron chi connectivity index (χ2n) is 7.87. The van der Waals surface area contributed by atoms with Gasteiger partial charge in [0.15, 0.2) is 11.7 Å². The van der Waals surface area contributed by atoms with Crippen molar-refractivity contribution in [1.82, 2.24) is 4.98 Å². The van der Waals surface area contributed by atoms with Gasteiger partial charge in [-0.1, -0.05) is 19.1 Å². The minimum atomic E-state index is 0.312. The van der Waals surface area contributed by atoms with Crippen LogP contribution in [0.5, 0.6) is 0 Å². The molecule has 1 unspecified atom stereocenters. The van der Waals surface area contributed by atoms with E-state index in [1.807, 2.05) is 0 Å². The van der Waals surface area contributed by atoms with E-state index in [0.717, 1.165) is 44.4 Å². The van der Waals surface area contributed by atoms with Crippen molar-refractivity contribution in [3.63, 3.8) is 0 Å². The molecule has 0 saturated heterocycles. The van der Waals surface area contributed by atoms with Crippen LogP contribution in [0.1, 0.15) is 39.0 Å². The van der Waals surface area contributed by atoms with E-state index in [1.165, 1.54) is 5.56 Å². The van der Waals surface area contributed by atoms with Gasteiger partial charge >= 0.3 is 0 Å². The molecule has 4 rings (SSSR count). The third-order valence-electron chi connectivity index (χ3n) is 6.23. The summed E-state index contributed by atoms with van der Waals surface area (Å²) in [4.78, 5) is 7.06. The second kappa shape index (κ2) is 5.85. The minimum absolute atomic E-state index is 0.312. The average molecular weight is 350 g/mol. The molecule has 2 aromatic heterocycles. The molecule has 2 atom stereocenters. The highest BCUT2D eigenvalue weighted by molar-refractivity contribution is 6.08. The summed E-state index contributed by atoms with van der Waals surface area (Å²) in [6.07, 6.45) is 5.73. The standard InChI is InChI=1S/C22H28N3O/c1-7-17-9-11-19-18-10-8-15(4)20(21(18)26-22(19)23-17)24-12-13-25(6,14(2)3)16(24)5/h8-14,16H,7H2,1-6H3/q+1/t16-,25?/m1/s1. The highest BCUT2D eigenvalue weighted by atomic mass is 16.3. The minimum Gasteiger partial charge on any atom is -0.435 e. The van der Waals surface area contributed by atoms with Crippen LogP contribution in [0.2, 0.25) is 0 Å². The third-order valence-corrected chi connectivity index (χ3v) is 6.23. The van der Waals surface area contributed by atoms with Crippen LogP contribution in [0.3, 0.4) is 0 Å². The fourth-order valence-electron chi connectivity index (χ4n) is 3.96. The number of benzene rings is 1. The molecule has 26 heavy (non-hydrogen) atoms. The summed E-state index contributed by atoms with van der Waals surface area (Å²) in [5.74, 6) is 0. The molecule has 1 aliphatic rings. The van der Waals surface area contributed by atoms with Crippen LogP contribution in [-0.4, -0.2) is 28.7 Å². The van der Waals surface area contributed by atoms with Crippen LogP contribution in [0.25, 0.3) is 22.1 Å². The fourth-order valence-corrected chi connectivity index (χ4v) is 3.96. The maximum Gasteiger partial charge on any atom is 0.227 e. The van der Waals surface area contributed by atoms with Gasteiger partial charge in [-0.2, -0.15) is 0 Å². The third kappa shape index (κ3) is 2.28. The Labute approximate surface area is 155 Å². The number of hydrogen-bond acceptors (Lipinski definition) is 3. The van der Waals surface area contributed by atoms with Gasteiger partial charge in [-0.15, -0.1) is 0 Å². The number of aromatic nitrogens is 1. The van der Waals surface area contributed by atoms with E-state index < -0.39 is 0 Å². The molecule has 1 aromatic carbocycles. The van der Waals surface area contributed by atoms with Gasteiger partial charge in [0.2, 0.25) is 5.71 Å². The van der Waals surface area contributed by atoms with E-state index in [4.69, 9.17) is 9.40 Å². The van der Waals surface area contributed by atoms with Crippen molar-refractivity contribution < 1.29 is 8.90 Å². The lowest BCUT2D eigenvalue weighted by Gasteiger charge is -2.39. The lowest BCUT2D eigenvalue weighted by Crippen LogP contribution is -2.53. The summed E-state index contributed by atoms with van der Waals surface area (Å²) in [7, 11) is 2.29. The molecule has 0 aliphatic carbocycles. The Balaban J connectivity index is 1.93. The molecule has 136 valence electrons. The van der Waals surface area contributed by atoms with Crippen LogP contribution >= 0.6 is 0 Å². The van der Waals surface area contributed by atoms with Crippen molar-refractivity contribution in [2.45, 2.75) is 53.2 Å². The van der Waals surface area contributed by atoms with Gasteiger partial charge in [0.25, 0.3) is 0 Å². The maximum absolute atomic E-state index is 6.30. The lowest BCUT2D eigenvalue weighted by molar-refractivity contribution is -0.897. The molecular weight excluding hydrogens is 322 g/mol. The van der Waals surface area contributed by atoms with Crippen molar-refractivity contribution in [1.29, 1.82) is 0 Å². The van der Waals surface area contributed by atoms with Gasteiger partial charge in [0, 0.05) is 23.4 Å². The van der Waals surface area contributed by atoms with Crippen LogP contribution < -0.4 is 4.90 Å². The summed E-state index contributed by atoms with van der Waals surface area (Å²) in [6, 6.07) is 9.11. The van der Waals surface area contributed by atoms with Crippen molar-refractivity contribution in [2.24, 2.45) is 0 Å². The first-order valence-corrected chi connectivity index (χ1v) is 9.51. The van der Waals surface area contributed by atoms with Crippen LogP contribution in [-0.2, 0) is 6.42 Å². The average Bonchev–Trinajstić information content (AvgIpc) is 3.13. The molecule has 0 radical (unpaired) electrons. The van der Waals surface area contributed by atoms with E-state index >= 15 is 0 Å². The van der Waals surface area contributed by atoms with E-state index in [0.29, 0.717) is 12.2 Å². The van der Waals surface area contributed by atoms with Gasteiger partial charge < -0.3 is 4.42 Å². The topological polar surface area (TPSA) is 29.3 Å². The summed E-state index contributed by atoms with van der Waals surface area (Å²) < 4.78 is 7.19.